The minimum Gasteiger partial charge on any atom is -0.427 e. The summed E-state index contributed by atoms with van der Waals surface area (Å²) in [6.07, 6.45) is 0.903. The fourth-order valence-corrected chi connectivity index (χ4v) is 1.74. The molecule has 2 atom stereocenters. The van der Waals surface area contributed by atoms with E-state index in [1.165, 1.54) is 11.1 Å². The van der Waals surface area contributed by atoms with Gasteiger partial charge in [-0.15, -0.1) is 0 Å². The fourth-order valence-electron chi connectivity index (χ4n) is 1.74. The summed E-state index contributed by atoms with van der Waals surface area (Å²) in [4.78, 5) is 0. The molecule has 2 nitrogen and oxygen atoms in total. The van der Waals surface area contributed by atoms with Crippen molar-refractivity contribution in [1.29, 1.82) is 0 Å². The lowest BCUT2D eigenvalue weighted by Gasteiger charge is -2.00. The molecule has 0 bridgehead atoms. The van der Waals surface area contributed by atoms with Crippen LogP contribution in [0.5, 0.6) is 0 Å². The predicted octanol–water partition coefficient (Wildman–Crippen LogP) is 1.33. The Balaban J connectivity index is 2.08. The second kappa shape index (κ2) is 3.16. The summed E-state index contributed by atoms with van der Waals surface area (Å²) in [5, 5.41) is 17.9. The number of rotatable bonds is 2. The van der Waals surface area contributed by atoms with E-state index in [1.807, 2.05) is 0 Å². The first-order valence-corrected chi connectivity index (χ1v) is 4.61. The molecule has 0 heterocycles. The van der Waals surface area contributed by atoms with E-state index in [0.717, 1.165) is 6.42 Å². The largest absolute Gasteiger partial charge is 0.455 e. The van der Waals surface area contributed by atoms with Crippen LogP contribution in [0.1, 0.15) is 23.5 Å². The quantitative estimate of drug-likeness (QED) is 0.667. The normalized spacial score (nSPS) is 25.8. The first kappa shape index (κ1) is 8.79. The van der Waals surface area contributed by atoms with Crippen molar-refractivity contribution in [3.8, 4) is 0 Å². The highest BCUT2D eigenvalue weighted by Crippen LogP contribution is 2.53. The molecule has 1 aromatic rings. The Kier molecular flexibility index (Phi) is 2.14. The zero-order chi connectivity index (χ0) is 9.42. The van der Waals surface area contributed by atoms with Gasteiger partial charge < -0.3 is 10.0 Å². The molecule has 0 aliphatic heterocycles. The van der Waals surface area contributed by atoms with Gasteiger partial charge >= 0.3 is 7.12 Å². The molecule has 2 rings (SSSR count). The van der Waals surface area contributed by atoms with Crippen LogP contribution < -0.4 is 0 Å². The Morgan fingerprint density at radius 3 is 2.31 bits per heavy atom. The minimum absolute atomic E-state index is 0.0581. The number of hydrogen-bond acceptors (Lipinski definition) is 2. The summed E-state index contributed by atoms with van der Waals surface area (Å²) in [5.41, 5.74) is 2.47. The molecular formula is C10H13BO2. The third kappa shape index (κ3) is 1.76. The van der Waals surface area contributed by atoms with Gasteiger partial charge in [-0.2, -0.15) is 0 Å². The summed E-state index contributed by atoms with van der Waals surface area (Å²) in [5.74, 6) is 0.420. The Bertz CT molecular complexity index is 294. The molecule has 1 fully saturated rings. The van der Waals surface area contributed by atoms with Gasteiger partial charge in [-0.1, -0.05) is 29.8 Å². The average molecular weight is 176 g/mol. The maximum atomic E-state index is 8.93. The van der Waals surface area contributed by atoms with Crippen molar-refractivity contribution in [2.45, 2.75) is 25.1 Å². The van der Waals surface area contributed by atoms with Gasteiger partial charge in [0.05, 0.1) is 0 Å². The summed E-state index contributed by atoms with van der Waals surface area (Å²) in [6.45, 7) is 2.05. The minimum atomic E-state index is -1.15. The van der Waals surface area contributed by atoms with Crippen LogP contribution in [-0.2, 0) is 0 Å². The predicted molar refractivity (Wildman–Crippen MR) is 52.5 cm³/mol. The second-order valence-electron chi connectivity index (χ2n) is 3.83. The lowest BCUT2D eigenvalue weighted by Crippen LogP contribution is -2.11. The van der Waals surface area contributed by atoms with Crippen LogP contribution in [0.3, 0.4) is 0 Å². The van der Waals surface area contributed by atoms with E-state index in [1.54, 1.807) is 0 Å². The first-order valence-electron chi connectivity index (χ1n) is 4.61. The van der Waals surface area contributed by atoms with E-state index in [0.29, 0.717) is 5.92 Å². The molecule has 3 heteroatoms. The summed E-state index contributed by atoms with van der Waals surface area (Å²) >= 11 is 0. The van der Waals surface area contributed by atoms with Gasteiger partial charge in [0.2, 0.25) is 0 Å². The zero-order valence-electron chi connectivity index (χ0n) is 7.64. The van der Waals surface area contributed by atoms with E-state index in [-0.39, 0.29) is 5.82 Å². The molecule has 2 N–H and O–H groups in total. The smallest absolute Gasteiger partial charge is 0.427 e. The molecule has 0 aromatic heterocycles. The van der Waals surface area contributed by atoms with Crippen LogP contribution in [0.25, 0.3) is 0 Å². The Hall–Kier alpha value is -0.795. The van der Waals surface area contributed by atoms with Crippen molar-refractivity contribution in [2.24, 2.45) is 0 Å². The maximum Gasteiger partial charge on any atom is 0.455 e. The van der Waals surface area contributed by atoms with Gasteiger partial charge in [-0.3, -0.25) is 0 Å². The summed E-state index contributed by atoms with van der Waals surface area (Å²) < 4.78 is 0. The third-order valence-corrected chi connectivity index (χ3v) is 2.73. The molecule has 1 saturated carbocycles. The van der Waals surface area contributed by atoms with Crippen molar-refractivity contribution in [1.82, 2.24) is 0 Å². The molecule has 68 valence electrons. The van der Waals surface area contributed by atoms with Crippen LogP contribution in [0, 0.1) is 6.92 Å². The highest BCUT2D eigenvalue weighted by atomic mass is 16.4. The van der Waals surface area contributed by atoms with Crippen molar-refractivity contribution in [3.63, 3.8) is 0 Å². The van der Waals surface area contributed by atoms with Crippen molar-refractivity contribution < 1.29 is 10.0 Å². The zero-order valence-corrected chi connectivity index (χ0v) is 7.64. The van der Waals surface area contributed by atoms with E-state index in [4.69, 9.17) is 10.0 Å². The van der Waals surface area contributed by atoms with E-state index in [2.05, 4.69) is 31.2 Å². The average Bonchev–Trinajstić information content (AvgIpc) is 2.85. The monoisotopic (exact) mass is 176 g/mol. The molecular weight excluding hydrogens is 163 g/mol. The molecule has 1 aromatic carbocycles. The standard InChI is InChI=1S/C10H13BO2/c1-7-2-4-8(5-3-7)9-6-10(9)11(12)13/h2-5,9-10,12-13H,6H2,1H3. The van der Waals surface area contributed by atoms with E-state index < -0.39 is 7.12 Å². The fraction of sp³-hybridized carbons (Fsp3) is 0.400. The number of aryl methyl sites for hydroxylation is 1. The summed E-state index contributed by atoms with van der Waals surface area (Å²) in [6, 6.07) is 8.27. The van der Waals surface area contributed by atoms with Crippen molar-refractivity contribution in [2.75, 3.05) is 0 Å². The van der Waals surface area contributed by atoms with Crippen LogP contribution >= 0.6 is 0 Å². The topological polar surface area (TPSA) is 40.5 Å². The molecule has 0 saturated heterocycles. The first-order chi connectivity index (χ1) is 6.18. The number of hydrogen-bond donors (Lipinski definition) is 2. The maximum absolute atomic E-state index is 8.93. The Morgan fingerprint density at radius 2 is 1.85 bits per heavy atom. The van der Waals surface area contributed by atoms with Crippen molar-refractivity contribution >= 4 is 7.12 Å². The van der Waals surface area contributed by atoms with Gasteiger partial charge in [0.15, 0.2) is 0 Å². The third-order valence-electron chi connectivity index (χ3n) is 2.73. The van der Waals surface area contributed by atoms with Gasteiger partial charge in [0.25, 0.3) is 0 Å². The van der Waals surface area contributed by atoms with E-state index >= 15 is 0 Å². The van der Waals surface area contributed by atoms with Gasteiger partial charge in [-0.05, 0) is 24.8 Å². The highest BCUT2D eigenvalue weighted by molar-refractivity contribution is 6.44. The molecule has 0 spiro atoms. The van der Waals surface area contributed by atoms with Crippen LogP contribution in [0.2, 0.25) is 5.82 Å². The van der Waals surface area contributed by atoms with Gasteiger partial charge in [0.1, 0.15) is 0 Å². The van der Waals surface area contributed by atoms with Gasteiger partial charge in [0, 0.05) is 5.82 Å². The molecule has 2 unspecified atom stereocenters. The number of benzene rings is 1. The summed E-state index contributed by atoms with van der Waals surface area (Å²) in [7, 11) is -1.15. The molecule has 0 radical (unpaired) electrons. The van der Waals surface area contributed by atoms with Crippen LogP contribution in [-0.4, -0.2) is 17.2 Å². The van der Waals surface area contributed by atoms with Crippen molar-refractivity contribution in [3.05, 3.63) is 35.4 Å². The SMILES string of the molecule is Cc1ccc(C2CC2B(O)O)cc1. The lowest BCUT2D eigenvalue weighted by atomic mass is 9.81. The highest BCUT2D eigenvalue weighted by Gasteiger charge is 2.45. The van der Waals surface area contributed by atoms with Crippen LogP contribution in [0.4, 0.5) is 0 Å². The van der Waals surface area contributed by atoms with Crippen LogP contribution in [0.15, 0.2) is 24.3 Å². The Morgan fingerprint density at radius 1 is 1.23 bits per heavy atom. The van der Waals surface area contributed by atoms with Gasteiger partial charge in [-0.25, -0.2) is 0 Å². The second-order valence-corrected chi connectivity index (χ2v) is 3.83. The Labute approximate surface area is 78.4 Å². The molecule has 0 amide bonds. The van der Waals surface area contributed by atoms with E-state index in [9.17, 15) is 0 Å². The lowest BCUT2D eigenvalue weighted by molar-refractivity contribution is 0.402. The molecule has 1 aliphatic rings. The molecule has 13 heavy (non-hydrogen) atoms. The molecule has 1 aliphatic carbocycles.